The molecule has 0 aliphatic heterocycles. The van der Waals surface area contributed by atoms with Crippen LogP contribution in [0.1, 0.15) is 17.0 Å². The summed E-state index contributed by atoms with van der Waals surface area (Å²) in [6.45, 7) is 4.65. The lowest BCUT2D eigenvalue weighted by molar-refractivity contribution is -0.732. The first-order valence-corrected chi connectivity index (χ1v) is 9.29. The van der Waals surface area contributed by atoms with Crippen molar-refractivity contribution in [1.82, 2.24) is 10.1 Å². The third-order valence-electron chi connectivity index (χ3n) is 4.25. The Hall–Kier alpha value is -2.71. The minimum atomic E-state index is 0.643. The Labute approximate surface area is 163 Å². The van der Waals surface area contributed by atoms with E-state index < -0.39 is 0 Å². The van der Waals surface area contributed by atoms with Crippen LogP contribution in [0.3, 0.4) is 0 Å². The summed E-state index contributed by atoms with van der Waals surface area (Å²) in [5.41, 5.74) is 7.09. The molecule has 142 valence electrons. The lowest BCUT2D eigenvalue weighted by Crippen LogP contribution is -2.32. The number of ether oxygens (including phenoxy) is 1. The predicted molar refractivity (Wildman–Crippen MR) is 107 cm³/mol. The van der Waals surface area contributed by atoms with E-state index >= 15 is 0 Å². The van der Waals surface area contributed by atoms with Crippen molar-refractivity contribution in [2.24, 2.45) is 7.05 Å². The Balaban J connectivity index is 1.51. The Morgan fingerprint density at radius 2 is 2.00 bits per heavy atom. The molecule has 3 N–H and O–H groups in total. The van der Waals surface area contributed by atoms with Crippen LogP contribution in [0.2, 0.25) is 0 Å². The van der Waals surface area contributed by atoms with Gasteiger partial charge in [-0.25, -0.2) is 10.5 Å². The summed E-state index contributed by atoms with van der Waals surface area (Å²) in [7, 11) is 3.63. The number of nitrogens with one attached hydrogen (secondary N) is 3. The number of H-pyrrole nitrogens is 1. The van der Waals surface area contributed by atoms with Crippen LogP contribution in [0.25, 0.3) is 0 Å². The molecule has 3 aromatic rings. The average molecular weight is 387 g/mol. The van der Waals surface area contributed by atoms with Gasteiger partial charge in [0.15, 0.2) is 12.7 Å². The second-order valence-corrected chi connectivity index (χ2v) is 6.87. The third-order valence-corrected chi connectivity index (χ3v) is 4.85. The molecule has 2 aromatic heterocycles. The molecule has 0 atom stereocenters. The largest absolute Gasteiger partial charge is 0.496 e. The Kier molecular flexibility index (Phi) is 6.20. The molecule has 0 unspecified atom stereocenters. The number of aromatic amines is 1. The van der Waals surface area contributed by atoms with Crippen molar-refractivity contribution in [3.05, 3.63) is 59.5 Å². The van der Waals surface area contributed by atoms with Crippen LogP contribution in [0.15, 0.2) is 47.5 Å². The molecule has 0 bridgehead atoms. The quantitative estimate of drug-likeness (QED) is 0.312. The predicted octanol–water partition coefficient (Wildman–Crippen LogP) is 3.52. The third kappa shape index (κ3) is 4.72. The van der Waals surface area contributed by atoms with Crippen molar-refractivity contribution >= 4 is 23.5 Å². The van der Waals surface area contributed by atoms with Crippen LogP contribution < -0.4 is 20.2 Å². The number of methoxy groups -OCH3 is 1. The van der Waals surface area contributed by atoms with Gasteiger partial charge in [0.1, 0.15) is 17.3 Å². The van der Waals surface area contributed by atoms with Gasteiger partial charge >= 0.3 is 0 Å². The highest BCUT2D eigenvalue weighted by atomic mass is 32.2. The molecule has 0 spiro atoms. The first kappa shape index (κ1) is 19.1. The highest BCUT2D eigenvalue weighted by Crippen LogP contribution is 2.23. The summed E-state index contributed by atoms with van der Waals surface area (Å²) in [4.78, 5) is 5.33. The van der Waals surface area contributed by atoms with Crippen LogP contribution in [0.4, 0.5) is 11.5 Å². The van der Waals surface area contributed by atoms with Gasteiger partial charge < -0.3 is 10.1 Å². The maximum absolute atomic E-state index is 5.54. The minimum Gasteiger partial charge on any atom is -0.496 e. The van der Waals surface area contributed by atoms with Crippen molar-refractivity contribution in [3.63, 3.8) is 0 Å². The standard InChI is InChI=1S/C19H23N5O2S/c1-13-19(14(2)24(3)22-13)23-26-27-16-9-10-18(21-12-16)20-11-15-7-5-6-8-17(15)25-4/h5-10,12,23H,11H2,1-4H3,(H,20,21)/p+1. The average Bonchev–Trinajstić information content (AvgIpc) is 2.93. The summed E-state index contributed by atoms with van der Waals surface area (Å²) in [5, 5.41) is 6.50. The SMILES string of the molecule is COc1ccccc1CNc1ccc(SONc2c(C)[nH][n+](C)c2C)cn1. The van der Waals surface area contributed by atoms with Crippen molar-refractivity contribution in [2.45, 2.75) is 25.3 Å². The number of anilines is 2. The first-order chi connectivity index (χ1) is 13.1. The number of hydrogen-bond acceptors (Lipinski definition) is 6. The van der Waals surface area contributed by atoms with E-state index in [1.165, 1.54) is 12.0 Å². The Morgan fingerprint density at radius 3 is 2.67 bits per heavy atom. The molecule has 1 aromatic carbocycles. The summed E-state index contributed by atoms with van der Waals surface area (Å²) in [5.74, 6) is 1.66. The molecule has 0 saturated carbocycles. The molecule has 0 saturated heterocycles. The second kappa shape index (κ2) is 8.79. The highest BCUT2D eigenvalue weighted by Gasteiger charge is 2.15. The Morgan fingerprint density at radius 1 is 1.19 bits per heavy atom. The zero-order chi connectivity index (χ0) is 19.2. The molecule has 0 fully saturated rings. The molecular formula is C19H24N5O2S+. The summed E-state index contributed by atoms with van der Waals surface area (Å²) in [6.07, 6.45) is 1.77. The van der Waals surface area contributed by atoms with Gasteiger partial charge in [-0.2, -0.15) is 9.38 Å². The number of benzene rings is 1. The van der Waals surface area contributed by atoms with Gasteiger partial charge in [-0.1, -0.05) is 18.2 Å². The van der Waals surface area contributed by atoms with Crippen LogP contribution >= 0.6 is 12.0 Å². The van der Waals surface area contributed by atoms with Crippen LogP contribution in [0, 0.1) is 13.8 Å². The van der Waals surface area contributed by atoms with Crippen molar-refractivity contribution in [3.8, 4) is 5.75 Å². The summed E-state index contributed by atoms with van der Waals surface area (Å²) < 4.78 is 12.8. The highest BCUT2D eigenvalue weighted by molar-refractivity contribution is 7.94. The van der Waals surface area contributed by atoms with Gasteiger partial charge in [-0.15, -0.1) is 4.68 Å². The molecule has 3 rings (SSSR count). The summed E-state index contributed by atoms with van der Waals surface area (Å²) in [6, 6.07) is 11.8. The fourth-order valence-corrected chi connectivity index (χ4v) is 3.10. The molecule has 8 heteroatoms. The number of para-hydroxylation sites is 1. The topological polar surface area (TPSA) is 75.1 Å². The van der Waals surface area contributed by atoms with Crippen LogP contribution in [0.5, 0.6) is 5.75 Å². The summed E-state index contributed by atoms with van der Waals surface area (Å²) >= 11 is 1.23. The molecule has 0 aliphatic carbocycles. The van der Waals surface area contributed by atoms with Gasteiger partial charge in [0, 0.05) is 25.2 Å². The molecule has 0 radical (unpaired) electrons. The molecule has 0 amide bonds. The van der Waals surface area contributed by atoms with Gasteiger partial charge in [0.05, 0.1) is 24.0 Å². The number of hydrogen-bond donors (Lipinski definition) is 3. The second-order valence-electron chi connectivity index (χ2n) is 6.07. The van der Waals surface area contributed by atoms with Crippen LogP contribution in [-0.2, 0) is 17.9 Å². The van der Waals surface area contributed by atoms with Crippen LogP contribution in [-0.4, -0.2) is 17.2 Å². The van der Waals surface area contributed by atoms with E-state index in [2.05, 4.69) is 20.9 Å². The molecule has 2 heterocycles. The van der Waals surface area contributed by atoms with E-state index in [9.17, 15) is 0 Å². The first-order valence-electron chi connectivity index (χ1n) is 8.55. The lowest BCUT2D eigenvalue weighted by Gasteiger charge is -2.10. The van der Waals surface area contributed by atoms with E-state index in [4.69, 9.17) is 9.02 Å². The van der Waals surface area contributed by atoms with Gasteiger partial charge in [-0.05, 0) is 25.1 Å². The monoisotopic (exact) mass is 386 g/mol. The molecular weight excluding hydrogens is 362 g/mol. The van der Waals surface area contributed by atoms with E-state index in [0.29, 0.717) is 6.54 Å². The smallest absolute Gasteiger partial charge is 0.229 e. The number of nitrogens with zero attached hydrogens (tertiary/aromatic N) is 2. The fourth-order valence-electron chi connectivity index (χ4n) is 2.66. The number of pyridine rings is 1. The molecule has 7 nitrogen and oxygen atoms in total. The van der Waals surface area contributed by atoms with Crippen molar-refractivity contribution in [2.75, 3.05) is 17.9 Å². The van der Waals surface area contributed by atoms with Crippen molar-refractivity contribution in [1.29, 1.82) is 0 Å². The lowest BCUT2D eigenvalue weighted by atomic mass is 10.2. The maximum Gasteiger partial charge on any atom is 0.229 e. The minimum absolute atomic E-state index is 0.643. The number of aromatic nitrogens is 3. The molecule has 0 aliphatic rings. The van der Waals surface area contributed by atoms with Gasteiger partial charge in [-0.3, -0.25) is 0 Å². The number of aryl methyl sites for hydroxylation is 2. The van der Waals surface area contributed by atoms with E-state index in [0.717, 1.165) is 39.1 Å². The van der Waals surface area contributed by atoms with Crippen molar-refractivity contribution < 1.29 is 13.7 Å². The zero-order valence-electron chi connectivity index (χ0n) is 15.9. The van der Waals surface area contributed by atoms with E-state index in [-0.39, 0.29) is 0 Å². The van der Waals surface area contributed by atoms with E-state index in [1.807, 2.05) is 62.0 Å². The maximum atomic E-state index is 5.54. The zero-order valence-corrected chi connectivity index (χ0v) is 16.7. The Bertz CT molecular complexity index is 896. The van der Waals surface area contributed by atoms with E-state index in [1.54, 1.807) is 13.3 Å². The van der Waals surface area contributed by atoms with Gasteiger partial charge in [0.2, 0.25) is 5.69 Å². The van der Waals surface area contributed by atoms with Gasteiger partial charge in [0.25, 0.3) is 0 Å². The molecule has 27 heavy (non-hydrogen) atoms. The number of rotatable bonds is 8. The normalized spacial score (nSPS) is 10.7. The fraction of sp³-hybridized carbons (Fsp3) is 0.263.